The molecule has 12 heteroatoms. The number of halogens is 2. The van der Waals surface area contributed by atoms with Crippen molar-refractivity contribution in [2.24, 2.45) is 7.05 Å². The van der Waals surface area contributed by atoms with Crippen LogP contribution in [0.1, 0.15) is 59.1 Å². The molecule has 0 saturated carbocycles. The van der Waals surface area contributed by atoms with E-state index in [9.17, 15) is 4.79 Å². The summed E-state index contributed by atoms with van der Waals surface area (Å²) in [5.41, 5.74) is 3.01. The molecule has 5 heterocycles. The van der Waals surface area contributed by atoms with Crippen molar-refractivity contribution in [1.82, 2.24) is 34.6 Å². The first-order valence-electron chi connectivity index (χ1n) is 15.0. The van der Waals surface area contributed by atoms with Crippen molar-refractivity contribution in [3.05, 3.63) is 71.4 Å². The van der Waals surface area contributed by atoms with Crippen molar-refractivity contribution >= 4 is 22.9 Å². The van der Waals surface area contributed by atoms with E-state index in [4.69, 9.17) is 4.84 Å². The third kappa shape index (κ3) is 5.48. The Bertz CT molecular complexity index is 1700. The van der Waals surface area contributed by atoms with E-state index >= 15 is 8.78 Å². The molecule has 1 amide bonds. The van der Waals surface area contributed by atoms with Gasteiger partial charge in [0.1, 0.15) is 17.4 Å². The number of fused-ring (bicyclic) bond motifs is 1. The average molecular weight is 605 g/mol. The fourth-order valence-corrected chi connectivity index (χ4v) is 6.26. The molecule has 3 aliphatic heterocycles. The quantitative estimate of drug-likeness (QED) is 0.375. The third-order valence-electron chi connectivity index (χ3n) is 8.13. The van der Waals surface area contributed by atoms with Gasteiger partial charge < -0.3 is 20.0 Å². The van der Waals surface area contributed by atoms with E-state index < -0.39 is 11.6 Å². The number of nitrogens with one attached hydrogen (secondary N) is 1. The van der Waals surface area contributed by atoms with E-state index in [1.807, 2.05) is 32.1 Å². The van der Waals surface area contributed by atoms with Gasteiger partial charge in [-0.1, -0.05) is 19.9 Å². The van der Waals surface area contributed by atoms with Crippen LogP contribution in [0.2, 0.25) is 0 Å². The SMILES string of the molecule is CC(C)c1c2cc(-c3nc(NC4C=CC5=C(C=CN(OC(=O)N6CCCC6)C5)N4C(C)(C)C)ncc3F)cc(F)c2nn1C. The van der Waals surface area contributed by atoms with Crippen LogP contribution in [0.3, 0.4) is 0 Å². The van der Waals surface area contributed by atoms with Gasteiger partial charge in [-0.05, 0) is 69.4 Å². The topological polar surface area (TPSA) is 91.7 Å². The standard InChI is InChI=1S/C32H38F2N8O2/c1-19(2)29-22-15-21(16-23(33)28(22)38-39(29)6)27-24(34)17-35-30(37-27)36-26-10-9-20-18-41(44-31(43)40-12-7-8-13-40)14-11-25(20)42(26)32(3,4)5/h9-11,14-17,19,26H,7-8,12-13,18H2,1-6H3,(H,35,36,37). The van der Waals surface area contributed by atoms with Crippen LogP contribution in [-0.4, -0.2) is 72.0 Å². The lowest BCUT2D eigenvalue weighted by molar-refractivity contribution is -0.0664. The Morgan fingerprint density at radius 2 is 1.86 bits per heavy atom. The Balaban J connectivity index is 1.26. The molecule has 1 aromatic carbocycles. The number of benzene rings is 1. The zero-order chi connectivity index (χ0) is 31.3. The fourth-order valence-electron chi connectivity index (χ4n) is 6.26. The highest BCUT2D eigenvalue weighted by Gasteiger charge is 2.35. The Morgan fingerprint density at radius 3 is 2.57 bits per heavy atom. The predicted octanol–water partition coefficient (Wildman–Crippen LogP) is 6.07. The lowest BCUT2D eigenvalue weighted by atomic mass is 9.96. The first-order chi connectivity index (χ1) is 20.9. The van der Waals surface area contributed by atoms with Gasteiger partial charge in [0.2, 0.25) is 5.95 Å². The van der Waals surface area contributed by atoms with Gasteiger partial charge in [0.15, 0.2) is 11.6 Å². The Morgan fingerprint density at radius 1 is 1.11 bits per heavy atom. The minimum atomic E-state index is -0.653. The van der Waals surface area contributed by atoms with E-state index in [2.05, 4.69) is 46.1 Å². The first kappa shape index (κ1) is 29.6. The largest absolute Gasteiger partial charge is 0.434 e. The van der Waals surface area contributed by atoms with E-state index in [0.717, 1.165) is 36.0 Å². The fraction of sp³-hybridized carbons (Fsp3) is 0.438. The number of amides is 1. The second kappa shape index (κ2) is 11.2. The Labute approximate surface area is 255 Å². The van der Waals surface area contributed by atoms with Gasteiger partial charge in [0, 0.05) is 54.2 Å². The van der Waals surface area contributed by atoms with E-state index in [1.165, 1.54) is 6.07 Å². The molecule has 0 aliphatic carbocycles. The van der Waals surface area contributed by atoms with Crippen LogP contribution in [0.15, 0.2) is 54.0 Å². The van der Waals surface area contributed by atoms with Crippen LogP contribution < -0.4 is 5.32 Å². The van der Waals surface area contributed by atoms with E-state index in [0.29, 0.717) is 30.6 Å². The van der Waals surface area contributed by atoms with E-state index in [1.54, 1.807) is 34.0 Å². The number of carbonyl (C=O) groups is 1. The molecule has 1 saturated heterocycles. The average Bonchev–Trinajstić information content (AvgIpc) is 3.61. The molecule has 232 valence electrons. The smallest absolute Gasteiger partial charge is 0.343 e. The maximum Gasteiger partial charge on any atom is 0.434 e. The maximum absolute atomic E-state index is 15.2. The zero-order valence-corrected chi connectivity index (χ0v) is 25.9. The minimum Gasteiger partial charge on any atom is -0.343 e. The van der Waals surface area contributed by atoms with Crippen LogP contribution in [-0.2, 0) is 11.9 Å². The molecule has 0 spiro atoms. The van der Waals surface area contributed by atoms with Crippen LogP contribution in [0.4, 0.5) is 19.5 Å². The third-order valence-corrected chi connectivity index (χ3v) is 8.13. The normalized spacial score (nSPS) is 18.6. The summed E-state index contributed by atoms with van der Waals surface area (Å²) in [7, 11) is 1.78. The molecule has 44 heavy (non-hydrogen) atoms. The lowest BCUT2D eigenvalue weighted by Gasteiger charge is -2.47. The monoisotopic (exact) mass is 604 g/mol. The van der Waals surface area contributed by atoms with Gasteiger partial charge in [-0.15, -0.1) is 0 Å². The number of likely N-dealkylation sites (tertiary alicyclic amines) is 1. The molecule has 10 nitrogen and oxygen atoms in total. The lowest BCUT2D eigenvalue weighted by Crippen LogP contribution is -2.52. The van der Waals surface area contributed by atoms with Crippen molar-refractivity contribution in [3.8, 4) is 11.3 Å². The maximum atomic E-state index is 15.2. The van der Waals surface area contributed by atoms with E-state index in [-0.39, 0.29) is 40.9 Å². The van der Waals surface area contributed by atoms with Gasteiger partial charge >= 0.3 is 6.09 Å². The van der Waals surface area contributed by atoms with Gasteiger partial charge in [0.25, 0.3) is 0 Å². The molecule has 6 rings (SSSR count). The zero-order valence-electron chi connectivity index (χ0n) is 25.9. The van der Waals surface area contributed by atoms with Crippen molar-refractivity contribution in [2.45, 2.75) is 65.1 Å². The van der Waals surface area contributed by atoms with Crippen LogP contribution in [0.25, 0.3) is 22.2 Å². The number of hydrogen-bond acceptors (Lipinski definition) is 8. The Kier molecular flexibility index (Phi) is 7.54. The molecule has 1 atom stereocenters. The van der Waals surface area contributed by atoms with Gasteiger partial charge in [-0.25, -0.2) is 28.6 Å². The molecule has 1 N–H and O–H groups in total. The van der Waals surface area contributed by atoms with Crippen LogP contribution in [0.5, 0.6) is 0 Å². The minimum absolute atomic E-state index is 0.00289. The number of allylic oxidation sites excluding steroid dienone is 1. The second-order valence-corrected chi connectivity index (χ2v) is 12.7. The van der Waals surface area contributed by atoms with Gasteiger partial charge in [0.05, 0.1) is 12.7 Å². The summed E-state index contributed by atoms with van der Waals surface area (Å²) in [6, 6.07) is 3.01. The number of aryl methyl sites for hydroxylation is 1. The summed E-state index contributed by atoms with van der Waals surface area (Å²) < 4.78 is 32.0. The predicted molar refractivity (Wildman–Crippen MR) is 164 cm³/mol. The summed E-state index contributed by atoms with van der Waals surface area (Å²) >= 11 is 0. The number of nitrogens with zero attached hydrogens (tertiary/aromatic N) is 7. The number of hydroxylamine groups is 2. The molecule has 2 aromatic heterocycles. The summed E-state index contributed by atoms with van der Waals surface area (Å²) in [6.45, 7) is 12.1. The van der Waals surface area contributed by atoms with Crippen LogP contribution >= 0.6 is 0 Å². The summed E-state index contributed by atoms with van der Waals surface area (Å²) in [6.07, 6.45) is 10.0. The van der Waals surface area contributed by atoms with Gasteiger partial charge in [-0.2, -0.15) is 5.10 Å². The van der Waals surface area contributed by atoms with Crippen molar-refractivity contribution in [3.63, 3.8) is 0 Å². The highest BCUT2D eigenvalue weighted by Crippen LogP contribution is 2.35. The number of hydrogen-bond donors (Lipinski definition) is 1. The summed E-state index contributed by atoms with van der Waals surface area (Å²) in [4.78, 5) is 30.8. The number of anilines is 1. The number of aromatic nitrogens is 4. The molecule has 1 fully saturated rings. The van der Waals surface area contributed by atoms with Crippen molar-refractivity contribution in [1.29, 1.82) is 0 Å². The Hall–Kier alpha value is -4.48. The molecule has 1 unspecified atom stereocenters. The van der Waals surface area contributed by atoms with Crippen LogP contribution in [0, 0.1) is 11.6 Å². The van der Waals surface area contributed by atoms with Crippen molar-refractivity contribution < 1.29 is 18.4 Å². The highest BCUT2D eigenvalue weighted by molar-refractivity contribution is 5.87. The molecular weight excluding hydrogens is 566 g/mol. The molecule has 3 aromatic rings. The first-order valence-corrected chi connectivity index (χ1v) is 15.0. The van der Waals surface area contributed by atoms with Crippen molar-refractivity contribution in [2.75, 3.05) is 25.0 Å². The molecule has 3 aliphatic rings. The second-order valence-electron chi connectivity index (χ2n) is 12.7. The highest BCUT2D eigenvalue weighted by atomic mass is 19.1. The van der Waals surface area contributed by atoms with Gasteiger partial charge in [-0.3, -0.25) is 4.68 Å². The molecular formula is C32H38F2N8O2. The summed E-state index contributed by atoms with van der Waals surface area (Å²) in [5.74, 6) is -0.901. The molecule has 0 bridgehead atoms. The number of carbonyl (C=O) groups excluding carboxylic acids is 1. The number of rotatable bonds is 5. The molecule has 0 radical (unpaired) electrons. The summed E-state index contributed by atoms with van der Waals surface area (Å²) in [5, 5.41) is 9.86.